The molecule has 0 aromatic heterocycles. The van der Waals surface area contributed by atoms with Gasteiger partial charge >= 0.3 is 5.97 Å². The molecule has 1 heterocycles. The highest BCUT2D eigenvalue weighted by Crippen LogP contribution is 2.33. The van der Waals surface area contributed by atoms with Gasteiger partial charge in [0.1, 0.15) is 6.04 Å². The van der Waals surface area contributed by atoms with Crippen LogP contribution in [-0.4, -0.2) is 50.0 Å². The predicted molar refractivity (Wildman–Crippen MR) is 52.4 cm³/mol. The fourth-order valence-electron chi connectivity index (χ4n) is 1.73. The average molecular weight is 209 g/mol. The van der Waals surface area contributed by atoms with Gasteiger partial charge in [-0.3, -0.25) is 9.59 Å². The maximum atomic E-state index is 11.6. The Morgan fingerprint density at radius 2 is 2.07 bits per heavy atom. The third kappa shape index (κ3) is 1.76. The number of Topliss-reactive ketones (excluding diaryl/α,β-unsaturated/α-hetero) is 1. The lowest BCUT2D eigenvalue weighted by molar-refractivity contribution is -0.148. The van der Waals surface area contributed by atoms with E-state index < -0.39 is 23.2 Å². The summed E-state index contributed by atoms with van der Waals surface area (Å²) in [5.41, 5.74) is -0.942. The molecule has 0 bridgehead atoms. The van der Waals surface area contributed by atoms with Gasteiger partial charge in [0.15, 0.2) is 11.6 Å². The summed E-state index contributed by atoms with van der Waals surface area (Å²) in [6, 6.07) is -0.924. The molecule has 1 amide bonds. The van der Waals surface area contributed by atoms with Gasteiger partial charge in [-0.05, 0) is 0 Å². The fourth-order valence-corrected chi connectivity index (χ4v) is 1.73. The summed E-state index contributed by atoms with van der Waals surface area (Å²) in [6.45, 7) is 3.06. The van der Waals surface area contributed by atoms with Crippen molar-refractivity contribution in [3.05, 3.63) is 0 Å². The Bertz CT molecular complexity index is 326. The fraction of sp³-hybridized carbons (Fsp3) is 0.667. The Morgan fingerprint density at radius 1 is 1.53 bits per heavy atom. The number of hydrogen-bond donors (Lipinski definition) is 0. The molecule has 80 valence electrons. The van der Waals surface area contributed by atoms with Crippen molar-refractivity contribution in [2.45, 2.75) is 19.9 Å². The number of nitrogens with zero attached hydrogens (tertiary/aromatic N) is 1. The molecular formula is C9H12BNO4. The first kappa shape index (κ1) is 11.7. The molecule has 1 aliphatic rings. The van der Waals surface area contributed by atoms with Crippen LogP contribution in [0.5, 0.6) is 0 Å². The van der Waals surface area contributed by atoms with E-state index in [1.807, 2.05) is 0 Å². The number of hydrogen-bond acceptors (Lipinski definition) is 4. The lowest BCUT2D eigenvalue weighted by atomic mass is 9.83. The molecule has 0 saturated carbocycles. The molecule has 0 aliphatic carbocycles. The molecule has 1 atom stereocenters. The third-order valence-corrected chi connectivity index (χ3v) is 2.74. The molecule has 5 nitrogen and oxygen atoms in total. The molecule has 0 aromatic carbocycles. The highest BCUT2D eigenvalue weighted by atomic mass is 16.5. The van der Waals surface area contributed by atoms with Crippen LogP contribution >= 0.6 is 0 Å². The first-order chi connectivity index (χ1) is 6.82. The SMILES string of the molecule is [B]C(=O)N1CC(=O)C(C)(C)C1C(=O)OC. The quantitative estimate of drug-likeness (QED) is 0.440. The molecule has 0 N–H and O–H groups in total. The van der Waals surface area contributed by atoms with Crippen LogP contribution in [0, 0.1) is 5.41 Å². The maximum Gasteiger partial charge on any atom is 0.329 e. The molecule has 6 heteroatoms. The van der Waals surface area contributed by atoms with E-state index in [1.165, 1.54) is 7.11 Å². The number of amides is 1. The Balaban J connectivity index is 3.09. The van der Waals surface area contributed by atoms with Gasteiger partial charge in [-0.1, -0.05) is 13.8 Å². The first-order valence-electron chi connectivity index (χ1n) is 4.49. The molecule has 1 rings (SSSR count). The van der Waals surface area contributed by atoms with Crippen LogP contribution in [0.2, 0.25) is 0 Å². The number of likely N-dealkylation sites (tertiary alicyclic amines) is 1. The predicted octanol–water partition coefficient (Wildman–Crippen LogP) is -0.273. The van der Waals surface area contributed by atoms with Gasteiger partial charge in [0.05, 0.1) is 19.1 Å². The van der Waals surface area contributed by atoms with E-state index in [0.717, 1.165) is 4.90 Å². The second-order valence-electron chi connectivity index (χ2n) is 4.04. The van der Waals surface area contributed by atoms with E-state index in [1.54, 1.807) is 13.8 Å². The van der Waals surface area contributed by atoms with E-state index >= 15 is 0 Å². The van der Waals surface area contributed by atoms with Gasteiger partial charge in [-0.15, -0.1) is 0 Å². The molecular weight excluding hydrogens is 197 g/mol. The van der Waals surface area contributed by atoms with E-state index in [9.17, 15) is 14.4 Å². The second kappa shape index (κ2) is 3.68. The summed E-state index contributed by atoms with van der Waals surface area (Å²) < 4.78 is 4.56. The Labute approximate surface area is 89.2 Å². The Morgan fingerprint density at radius 3 is 2.47 bits per heavy atom. The van der Waals surface area contributed by atoms with Crippen LogP contribution in [0.3, 0.4) is 0 Å². The normalized spacial score (nSPS) is 24.1. The van der Waals surface area contributed by atoms with Crippen LogP contribution in [0.15, 0.2) is 0 Å². The van der Waals surface area contributed by atoms with Crippen molar-refractivity contribution in [1.82, 2.24) is 4.90 Å². The summed E-state index contributed by atoms with van der Waals surface area (Å²) in [7, 11) is 6.30. The zero-order valence-electron chi connectivity index (χ0n) is 8.94. The highest BCUT2D eigenvalue weighted by Gasteiger charge is 2.52. The molecule has 2 radical (unpaired) electrons. The van der Waals surface area contributed by atoms with Gasteiger partial charge < -0.3 is 9.64 Å². The monoisotopic (exact) mass is 209 g/mol. The largest absolute Gasteiger partial charge is 0.467 e. The molecule has 1 aliphatic heterocycles. The number of ketones is 1. The number of esters is 1. The standard InChI is InChI=1S/C9H12BNO4/c1-9(2)5(12)4-11(8(10)14)6(9)7(13)15-3/h6H,4H2,1-3H3. The van der Waals surface area contributed by atoms with Gasteiger partial charge in [0.2, 0.25) is 7.85 Å². The number of rotatable bonds is 1. The highest BCUT2D eigenvalue weighted by molar-refractivity contribution is 6.57. The molecule has 0 aromatic rings. The molecule has 1 fully saturated rings. The van der Waals surface area contributed by atoms with Crippen molar-refractivity contribution in [3.8, 4) is 0 Å². The average Bonchev–Trinajstić information content (AvgIpc) is 2.37. The van der Waals surface area contributed by atoms with Gasteiger partial charge in [-0.2, -0.15) is 0 Å². The lowest BCUT2D eigenvalue weighted by Crippen LogP contribution is -2.46. The van der Waals surface area contributed by atoms with Gasteiger partial charge in [0, 0.05) is 0 Å². The minimum atomic E-state index is -0.942. The lowest BCUT2D eigenvalue weighted by Gasteiger charge is -2.28. The van der Waals surface area contributed by atoms with Crippen LogP contribution in [0.4, 0.5) is 4.79 Å². The van der Waals surface area contributed by atoms with Crippen LogP contribution in [0.25, 0.3) is 0 Å². The van der Waals surface area contributed by atoms with Gasteiger partial charge in [-0.25, -0.2) is 4.79 Å². The first-order valence-corrected chi connectivity index (χ1v) is 4.49. The van der Waals surface area contributed by atoms with E-state index in [2.05, 4.69) is 4.74 Å². The zero-order chi connectivity index (χ0) is 11.8. The van der Waals surface area contributed by atoms with Crippen LogP contribution in [-0.2, 0) is 14.3 Å². The minimum absolute atomic E-state index is 0.137. The smallest absolute Gasteiger partial charge is 0.329 e. The summed E-state index contributed by atoms with van der Waals surface area (Å²) in [4.78, 5) is 35.1. The zero-order valence-corrected chi connectivity index (χ0v) is 8.94. The van der Waals surface area contributed by atoms with Crippen molar-refractivity contribution in [2.24, 2.45) is 5.41 Å². The minimum Gasteiger partial charge on any atom is -0.467 e. The maximum absolute atomic E-state index is 11.6. The molecule has 1 saturated heterocycles. The van der Waals surface area contributed by atoms with E-state index in [-0.39, 0.29) is 12.3 Å². The number of carbonyl (C=O) groups is 3. The molecule has 15 heavy (non-hydrogen) atoms. The van der Waals surface area contributed by atoms with Crippen molar-refractivity contribution >= 4 is 25.4 Å². The molecule has 0 spiro atoms. The summed E-state index contributed by atoms with van der Waals surface area (Å²) in [5, 5.41) is 0. The van der Waals surface area contributed by atoms with Gasteiger partial charge in [0.25, 0.3) is 0 Å². The van der Waals surface area contributed by atoms with Crippen molar-refractivity contribution < 1.29 is 19.1 Å². The van der Waals surface area contributed by atoms with Crippen molar-refractivity contribution in [2.75, 3.05) is 13.7 Å². The Hall–Kier alpha value is -1.33. The third-order valence-electron chi connectivity index (χ3n) is 2.74. The second-order valence-corrected chi connectivity index (χ2v) is 4.04. The number of methoxy groups -OCH3 is 1. The Kier molecular flexibility index (Phi) is 2.88. The topological polar surface area (TPSA) is 63.7 Å². The number of carbonyl (C=O) groups excluding carboxylic acids is 3. The van der Waals surface area contributed by atoms with E-state index in [0.29, 0.717) is 0 Å². The number of ether oxygens (including phenoxy) is 1. The molecule has 1 unspecified atom stereocenters. The summed E-state index contributed by atoms with van der Waals surface area (Å²) in [5.74, 6) is -1.61. The van der Waals surface area contributed by atoms with E-state index in [4.69, 9.17) is 7.85 Å². The van der Waals surface area contributed by atoms with Crippen molar-refractivity contribution in [3.63, 3.8) is 0 Å². The van der Waals surface area contributed by atoms with Crippen LogP contribution in [0.1, 0.15) is 13.8 Å². The summed E-state index contributed by atoms with van der Waals surface area (Å²) >= 11 is 0. The van der Waals surface area contributed by atoms with Crippen LogP contribution < -0.4 is 0 Å². The summed E-state index contributed by atoms with van der Waals surface area (Å²) in [6.07, 6.45) is 0. The van der Waals surface area contributed by atoms with Crippen molar-refractivity contribution in [1.29, 1.82) is 0 Å².